The molecule has 2 aliphatic rings. The molecule has 5 heteroatoms. The van der Waals surface area contributed by atoms with Gasteiger partial charge in [-0.1, -0.05) is 0 Å². The van der Waals surface area contributed by atoms with Gasteiger partial charge in [-0.3, -0.25) is 4.21 Å². The first kappa shape index (κ1) is 9.96. The molecule has 0 aromatic rings. The normalized spacial score (nSPS) is 34.0. The number of amides is 2. The van der Waals surface area contributed by atoms with Crippen molar-refractivity contribution in [2.24, 2.45) is 0 Å². The third-order valence-corrected chi connectivity index (χ3v) is 4.29. The Bertz CT molecular complexity index is 247. The first-order valence-electron chi connectivity index (χ1n) is 5.17. The Morgan fingerprint density at radius 2 is 2.07 bits per heavy atom. The number of rotatable bonds is 1. The highest BCUT2D eigenvalue weighted by molar-refractivity contribution is 7.85. The van der Waals surface area contributed by atoms with Gasteiger partial charge in [-0.25, -0.2) is 4.79 Å². The highest BCUT2D eigenvalue weighted by atomic mass is 32.2. The van der Waals surface area contributed by atoms with Crippen molar-refractivity contribution in [1.29, 1.82) is 0 Å². The average Bonchev–Trinajstić information content (AvgIpc) is 2.20. The van der Waals surface area contributed by atoms with Crippen molar-refractivity contribution in [2.45, 2.75) is 25.3 Å². The van der Waals surface area contributed by atoms with E-state index in [1.807, 2.05) is 4.90 Å². The van der Waals surface area contributed by atoms with Crippen molar-refractivity contribution in [3.8, 4) is 0 Å². The summed E-state index contributed by atoms with van der Waals surface area (Å²) in [5, 5.41) is 2.85. The Kier molecular flexibility index (Phi) is 3.05. The van der Waals surface area contributed by atoms with Crippen molar-refractivity contribution in [1.82, 2.24) is 10.2 Å². The van der Waals surface area contributed by atoms with Gasteiger partial charge >= 0.3 is 6.03 Å². The topological polar surface area (TPSA) is 49.4 Å². The summed E-state index contributed by atoms with van der Waals surface area (Å²) < 4.78 is 11.2. The molecule has 0 aromatic heterocycles. The molecule has 0 spiro atoms. The Morgan fingerprint density at radius 3 is 2.71 bits per heavy atom. The maximum Gasteiger partial charge on any atom is 0.317 e. The Morgan fingerprint density at radius 1 is 1.36 bits per heavy atom. The van der Waals surface area contributed by atoms with E-state index in [1.54, 1.807) is 0 Å². The second kappa shape index (κ2) is 4.29. The minimum atomic E-state index is -0.635. The van der Waals surface area contributed by atoms with Gasteiger partial charge in [0.15, 0.2) is 0 Å². The standard InChI is InChI=1S/C9H16N2O2S/c12-9-10-4-1-5-11(9)8-2-6-14(13)7-3-8/h8H,1-7H2,(H,10,12). The van der Waals surface area contributed by atoms with Crippen LogP contribution in [0.2, 0.25) is 0 Å². The minimum absolute atomic E-state index is 0.0638. The third-order valence-electron chi connectivity index (χ3n) is 2.91. The Hall–Kier alpha value is -0.580. The average molecular weight is 216 g/mol. The molecule has 14 heavy (non-hydrogen) atoms. The zero-order chi connectivity index (χ0) is 9.97. The predicted octanol–water partition coefficient (Wildman–Crippen LogP) is 0.313. The quantitative estimate of drug-likeness (QED) is 0.686. The van der Waals surface area contributed by atoms with Gasteiger partial charge in [0, 0.05) is 41.4 Å². The van der Waals surface area contributed by atoms with E-state index in [1.165, 1.54) is 0 Å². The summed E-state index contributed by atoms with van der Waals surface area (Å²) in [6.07, 6.45) is 2.84. The van der Waals surface area contributed by atoms with Gasteiger partial charge in [0.1, 0.15) is 0 Å². The third kappa shape index (κ3) is 2.08. The zero-order valence-electron chi connectivity index (χ0n) is 8.20. The highest BCUT2D eigenvalue weighted by Gasteiger charge is 2.28. The van der Waals surface area contributed by atoms with Gasteiger partial charge in [0.2, 0.25) is 0 Å². The molecule has 4 nitrogen and oxygen atoms in total. The first-order chi connectivity index (χ1) is 6.77. The van der Waals surface area contributed by atoms with Crippen LogP contribution in [0, 0.1) is 0 Å². The number of carbonyl (C=O) groups excluding carboxylic acids is 1. The first-order valence-corrected chi connectivity index (χ1v) is 6.65. The molecule has 0 unspecified atom stereocenters. The SMILES string of the molecule is O=C1NCCCN1C1CCS(=O)CC1. The fourth-order valence-corrected chi connectivity index (χ4v) is 3.36. The molecule has 2 amide bonds. The summed E-state index contributed by atoms with van der Waals surface area (Å²) in [7, 11) is -0.635. The molecule has 1 N–H and O–H groups in total. The molecule has 80 valence electrons. The van der Waals surface area contributed by atoms with Gasteiger partial charge < -0.3 is 10.2 Å². The van der Waals surface area contributed by atoms with E-state index in [9.17, 15) is 9.00 Å². The molecule has 0 aliphatic carbocycles. The molecular weight excluding hydrogens is 200 g/mol. The van der Waals surface area contributed by atoms with E-state index in [-0.39, 0.29) is 6.03 Å². The van der Waals surface area contributed by atoms with Crippen molar-refractivity contribution >= 4 is 16.8 Å². The lowest BCUT2D eigenvalue weighted by Crippen LogP contribution is -2.52. The van der Waals surface area contributed by atoms with Crippen LogP contribution in [0.1, 0.15) is 19.3 Å². The number of hydrogen-bond donors (Lipinski definition) is 1. The molecular formula is C9H16N2O2S. The van der Waals surface area contributed by atoms with E-state index in [4.69, 9.17) is 0 Å². The van der Waals surface area contributed by atoms with Crippen molar-refractivity contribution < 1.29 is 9.00 Å². The summed E-state index contributed by atoms with van der Waals surface area (Å²) >= 11 is 0. The van der Waals surface area contributed by atoms with Crippen LogP contribution >= 0.6 is 0 Å². The monoisotopic (exact) mass is 216 g/mol. The van der Waals surface area contributed by atoms with Crippen molar-refractivity contribution in [3.63, 3.8) is 0 Å². The van der Waals surface area contributed by atoms with Gasteiger partial charge in [-0.2, -0.15) is 0 Å². The van der Waals surface area contributed by atoms with Crippen LogP contribution in [-0.4, -0.2) is 45.8 Å². The van der Waals surface area contributed by atoms with Crippen LogP contribution in [0.15, 0.2) is 0 Å². The molecule has 2 aliphatic heterocycles. The highest BCUT2D eigenvalue weighted by Crippen LogP contribution is 2.17. The molecule has 2 rings (SSSR count). The largest absolute Gasteiger partial charge is 0.338 e. The molecule has 0 bridgehead atoms. The van der Waals surface area contributed by atoms with E-state index >= 15 is 0 Å². The van der Waals surface area contributed by atoms with Gasteiger partial charge in [-0.15, -0.1) is 0 Å². The van der Waals surface area contributed by atoms with E-state index < -0.39 is 10.8 Å². The maximum atomic E-state index is 11.5. The summed E-state index contributed by atoms with van der Waals surface area (Å²) in [4.78, 5) is 13.4. The van der Waals surface area contributed by atoms with Gasteiger partial charge in [0.25, 0.3) is 0 Å². The van der Waals surface area contributed by atoms with Crippen LogP contribution in [0.25, 0.3) is 0 Å². The van der Waals surface area contributed by atoms with Crippen molar-refractivity contribution in [3.05, 3.63) is 0 Å². The second-order valence-corrected chi connectivity index (χ2v) is 5.55. The van der Waals surface area contributed by atoms with Crippen LogP contribution < -0.4 is 5.32 Å². The summed E-state index contributed by atoms with van der Waals surface area (Å²) in [5.74, 6) is 1.52. The summed E-state index contributed by atoms with van der Waals surface area (Å²) in [6.45, 7) is 1.66. The second-order valence-electron chi connectivity index (χ2n) is 3.86. The van der Waals surface area contributed by atoms with Gasteiger partial charge in [-0.05, 0) is 19.3 Å². The van der Waals surface area contributed by atoms with Crippen molar-refractivity contribution in [2.75, 3.05) is 24.6 Å². The van der Waals surface area contributed by atoms with Crippen LogP contribution in [0.5, 0.6) is 0 Å². The van der Waals surface area contributed by atoms with E-state index in [2.05, 4.69) is 5.32 Å². The Balaban J connectivity index is 1.93. The number of nitrogens with one attached hydrogen (secondary N) is 1. The van der Waals surface area contributed by atoms with Crippen LogP contribution in [-0.2, 0) is 10.8 Å². The fourth-order valence-electron chi connectivity index (χ4n) is 2.09. The number of nitrogens with zero attached hydrogens (tertiary/aromatic N) is 1. The molecule has 0 aromatic carbocycles. The maximum absolute atomic E-state index is 11.5. The van der Waals surface area contributed by atoms with Gasteiger partial charge in [0.05, 0.1) is 0 Å². The fraction of sp³-hybridized carbons (Fsp3) is 0.889. The van der Waals surface area contributed by atoms with Crippen LogP contribution in [0.4, 0.5) is 4.79 Å². The summed E-state index contributed by atoms with van der Waals surface area (Å²) in [5.41, 5.74) is 0. The Labute approximate surface area is 86.5 Å². The van der Waals surface area contributed by atoms with E-state index in [0.29, 0.717) is 6.04 Å². The predicted molar refractivity (Wildman–Crippen MR) is 55.6 cm³/mol. The molecule has 0 atom stereocenters. The number of urea groups is 1. The number of hydrogen-bond acceptors (Lipinski definition) is 2. The zero-order valence-corrected chi connectivity index (χ0v) is 9.02. The number of carbonyl (C=O) groups is 1. The van der Waals surface area contributed by atoms with E-state index in [0.717, 1.165) is 43.9 Å². The molecule has 0 saturated carbocycles. The molecule has 2 fully saturated rings. The van der Waals surface area contributed by atoms with Crippen LogP contribution in [0.3, 0.4) is 0 Å². The minimum Gasteiger partial charge on any atom is -0.338 e. The molecule has 2 saturated heterocycles. The smallest absolute Gasteiger partial charge is 0.317 e. The molecule has 2 heterocycles. The molecule has 0 radical (unpaired) electrons. The lowest BCUT2D eigenvalue weighted by molar-refractivity contribution is 0.156. The lowest BCUT2D eigenvalue weighted by Gasteiger charge is -2.36. The summed E-state index contributed by atoms with van der Waals surface area (Å²) in [6, 6.07) is 0.391. The lowest BCUT2D eigenvalue weighted by atomic mass is 10.1.